The van der Waals surface area contributed by atoms with Gasteiger partial charge in [0.1, 0.15) is 17.9 Å². The predicted octanol–water partition coefficient (Wildman–Crippen LogP) is 3.05. The van der Waals surface area contributed by atoms with E-state index in [-0.39, 0.29) is 30.1 Å². The van der Waals surface area contributed by atoms with Crippen LogP contribution in [0.1, 0.15) is 22.3 Å². The van der Waals surface area contributed by atoms with E-state index in [2.05, 4.69) is 4.72 Å². The fourth-order valence-corrected chi connectivity index (χ4v) is 6.27. The molecule has 10 heteroatoms. The van der Waals surface area contributed by atoms with Crippen molar-refractivity contribution in [2.45, 2.75) is 36.4 Å². The molecule has 1 unspecified atom stereocenters. The first kappa shape index (κ1) is 27.0. The quantitative estimate of drug-likeness (QED) is 0.193. The van der Waals surface area contributed by atoms with Crippen molar-refractivity contribution in [3.63, 3.8) is 0 Å². The first-order chi connectivity index (χ1) is 19.1. The van der Waals surface area contributed by atoms with Crippen molar-refractivity contribution in [3.05, 3.63) is 113 Å². The number of amidine groups is 1. The molecule has 5 N–H and O–H groups in total. The maximum absolute atomic E-state index is 14.0. The number of hydrogen-bond acceptors (Lipinski definition) is 5. The molecule has 0 spiro atoms. The Morgan fingerprint density at radius 2 is 1.65 bits per heavy atom. The molecule has 0 saturated heterocycles. The van der Waals surface area contributed by atoms with Crippen molar-refractivity contribution in [1.29, 1.82) is 5.41 Å². The third-order valence-electron chi connectivity index (χ3n) is 7.12. The van der Waals surface area contributed by atoms with E-state index in [1.807, 2.05) is 36.4 Å². The highest BCUT2D eigenvalue weighted by Crippen LogP contribution is 2.26. The number of nitrogens with zero attached hydrogens (tertiary/aromatic N) is 1. The number of sulfonamides is 1. The molecule has 0 aromatic heterocycles. The average molecular weight is 557 g/mol. The lowest BCUT2D eigenvalue weighted by Crippen LogP contribution is -2.56. The summed E-state index contributed by atoms with van der Waals surface area (Å²) >= 11 is 0. The molecule has 4 aromatic rings. The second-order valence-electron chi connectivity index (χ2n) is 9.79. The van der Waals surface area contributed by atoms with Gasteiger partial charge in [-0.25, -0.2) is 13.2 Å². The van der Waals surface area contributed by atoms with Gasteiger partial charge >= 0.3 is 5.97 Å². The maximum atomic E-state index is 14.0. The molecule has 1 aliphatic rings. The first-order valence-corrected chi connectivity index (χ1v) is 14.2. The molecule has 40 heavy (non-hydrogen) atoms. The van der Waals surface area contributed by atoms with Crippen LogP contribution in [0.3, 0.4) is 0 Å². The molecule has 204 valence electrons. The molecule has 0 saturated carbocycles. The van der Waals surface area contributed by atoms with Crippen LogP contribution in [0, 0.1) is 5.41 Å². The summed E-state index contributed by atoms with van der Waals surface area (Å²) in [6, 6.07) is 23.5. The lowest BCUT2D eigenvalue weighted by Gasteiger charge is -2.36. The van der Waals surface area contributed by atoms with Crippen molar-refractivity contribution in [3.8, 4) is 0 Å². The van der Waals surface area contributed by atoms with Gasteiger partial charge in [0.05, 0.1) is 4.90 Å². The van der Waals surface area contributed by atoms with Crippen LogP contribution in [0.4, 0.5) is 0 Å². The Morgan fingerprint density at radius 1 is 0.950 bits per heavy atom. The van der Waals surface area contributed by atoms with E-state index < -0.39 is 34.0 Å². The minimum absolute atomic E-state index is 0.0136. The van der Waals surface area contributed by atoms with Crippen molar-refractivity contribution in [1.82, 2.24) is 9.62 Å². The van der Waals surface area contributed by atoms with E-state index in [0.717, 1.165) is 21.9 Å². The summed E-state index contributed by atoms with van der Waals surface area (Å²) in [5.41, 5.74) is 8.28. The number of carbonyl (C=O) groups is 2. The van der Waals surface area contributed by atoms with Crippen LogP contribution in [0.5, 0.6) is 0 Å². The molecule has 2 atom stereocenters. The summed E-state index contributed by atoms with van der Waals surface area (Å²) in [5, 5.41) is 19.3. The number of hydrogen-bond donors (Lipinski definition) is 4. The Bertz CT molecular complexity index is 1740. The zero-order valence-electron chi connectivity index (χ0n) is 21.4. The molecule has 4 aromatic carbocycles. The Labute approximate surface area is 231 Å². The van der Waals surface area contributed by atoms with E-state index in [1.54, 1.807) is 42.5 Å². The Hall–Kier alpha value is -4.54. The minimum atomic E-state index is -4.19. The van der Waals surface area contributed by atoms with Crippen LogP contribution < -0.4 is 10.5 Å². The molecule has 0 radical (unpaired) electrons. The van der Waals surface area contributed by atoms with Gasteiger partial charge in [-0.3, -0.25) is 10.2 Å². The number of carboxylic acid groups (broad SMARTS) is 1. The molecule has 5 rings (SSSR count). The van der Waals surface area contributed by atoms with E-state index >= 15 is 0 Å². The van der Waals surface area contributed by atoms with Crippen molar-refractivity contribution in [2.24, 2.45) is 5.73 Å². The Kier molecular flexibility index (Phi) is 7.38. The molecular weight excluding hydrogens is 528 g/mol. The van der Waals surface area contributed by atoms with Gasteiger partial charge in [-0.15, -0.1) is 0 Å². The number of rotatable bonds is 8. The van der Waals surface area contributed by atoms with Gasteiger partial charge in [0.15, 0.2) is 0 Å². The zero-order chi connectivity index (χ0) is 28.4. The van der Waals surface area contributed by atoms with Crippen molar-refractivity contribution < 1.29 is 23.1 Å². The van der Waals surface area contributed by atoms with E-state index in [1.165, 1.54) is 17.0 Å². The normalized spacial score (nSPS) is 15.8. The molecule has 1 heterocycles. The van der Waals surface area contributed by atoms with Gasteiger partial charge in [-0.1, -0.05) is 72.8 Å². The van der Waals surface area contributed by atoms with Crippen LogP contribution in [-0.2, 0) is 39.0 Å². The third kappa shape index (κ3) is 5.58. The standard InChI is InChI=1S/C30H28N4O5S/c31-28(32)23-11-5-6-19(14-23)15-26(33-40(38,39)25-13-12-20-7-1-2-8-21(20)16-25)29(35)34-18-24-10-4-3-9-22(24)17-27(34)30(36)37/h1-14,16,26-27,33H,15,17-18H2,(H3,31,32)(H,36,37)/t26-,27?/m0/s1. The summed E-state index contributed by atoms with van der Waals surface area (Å²) in [6.07, 6.45) is 0.0401. The number of fused-ring (bicyclic) bond motifs is 2. The average Bonchev–Trinajstić information content (AvgIpc) is 2.95. The smallest absolute Gasteiger partial charge is 0.326 e. The highest BCUT2D eigenvalue weighted by Gasteiger charge is 2.39. The largest absolute Gasteiger partial charge is 0.480 e. The first-order valence-electron chi connectivity index (χ1n) is 12.7. The molecule has 1 amide bonds. The summed E-state index contributed by atoms with van der Waals surface area (Å²) in [5.74, 6) is -1.99. The lowest BCUT2D eigenvalue weighted by atomic mass is 9.92. The fraction of sp³-hybridized carbons (Fsp3) is 0.167. The molecule has 0 bridgehead atoms. The number of aliphatic carboxylic acids is 1. The number of benzene rings is 4. The number of carbonyl (C=O) groups excluding carboxylic acids is 1. The van der Waals surface area contributed by atoms with Crippen LogP contribution in [-0.4, -0.2) is 48.2 Å². The topological polar surface area (TPSA) is 154 Å². The highest BCUT2D eigenvalue weighted by molar-refractivity contribution is 7.89. The molecule has 0 fully saturated rings. The van der Waals surface area contributed by atoms with Crippen LogP contribution in [0.2, 0.25) is 0 Å². The van der Waals surface area contributed by atoms with Gasteiger partial charge in [0.25, 0.3) is 0 Å². The summed E-state index contributed by atoms with van der Waals surface area (Å²) in [7, 11) is -4.19. The SMILES string of the molecule is N=C(N)c1cccc(C[C@H](NS(=O)(=O)c2ccc3ccccc3c2)C(=O)N2Cc3ccccc3CC2C(=O)O)c1. The second-order valence-corrected chi connectivity index (χ2v) is 11.5. The monoisotopic (exact) mass is 556 g/mol. The van der Waals surface area contributed by atoms with Gasteiger partial charge in [-0.05, 0) is 52.1 Å². The van der Waals surface area contributed by atoms with E-state index in [4.69, 9.17) is 11.1 Å². The number of nitrogens with one attached hydrogen (secondary N) is 2. The third-order valence-corrected chi connectivity index (χ3v) is 8.59. The van der Waals surface area contributed by atoms with E-state index in [0.29, 0.717) is 11.1 Å². The van der Waals surface area contributed by atoms with Crippen molar-refractivity contribution >= 4 is 38.5 Å². The Morgan fingerprint density at radius 3 is 2.38 bits per heavy atom. The second kappa shape index (κ2) is 10.9. The summed E-state index contributed by atoms with van der Waals surface area (Å²) in [6.45, 7) is 0.0354. The van der Waals surface area contributed by atoms with E-state index in [9.17, 15) is 23.1 Å². The van der Waals surface area contributed by atoms with Gasteiger partial charge < -0.3 is 15.7 Å². The van der Waals surface area contributed by atoms with Crippen LogP contribution >= 0.6 is 0 Å². The maximum Gasteiger partial charge on any atom is 0.326 e. The number of carboxylic acids is 1. The number of amides is 1. The van der Waals surface area contributed by atoms with Gasteiger partial charge in [0.2, 0.25) is 15.9 Å². The van der Waals surface area contributed by atoms with Crippen molar-refractivity contribution in [2.75, 3.05) is 0 Å². The highest BCUT2D eigenvalue weighted by atomic mass is 32.2. The number of nitrogens with two attached hydrogens (primary N) is 1. The summed E-state index contributed by atoms with van der Waals surface area (Å²) < 4.78 is 29.8. The molecule has 9 nitrogen and oxygen atoms in total. The molecular formula is C30H28N4O5S. The molecule has 1 aliphatic heterocycles. The zero-order valence-corrected chi connectivity index (χ0v) is 22.3. The minimum Gasteiger partial charge on any atom is -0.480 e. The molecule has 0 aliphatic carbocycles. The number of nitrogen functional groups attached to an aromatic ring is 1. The predicted molar refractivity (Wildman–Crippen MR) is 151 cm³/mol. The van der Waals surface area contributed by atoms with Crippen LogP contribution in [0.15, 0.2) is 95.9 Å². The van der Waals surface area contributed by atoms with Gasteiger partial charge in [0, 0.05) is 18.5 Å². The fourth-order valence-electron chi connectivity index (χ4n) is 5.05. The Balaban J connectivity index is 1.52. The summed E-state index contributed by atoms with van der Waals surface area (Å²) in [4.78, 5) is 27.5. The lowest BCUT2D eigenvalue weighted by molar-refractivity contribution is -0.152. The van der Waals surface area contributed by atoms with Crippen LogP contribution in [0.25, 0.3) is 10.8 Å². The van der Waals surface area contributed by atoms with Gasteiger partial charge in [-0.2, -0.15) is 4.72 Å².